The Balaban J connectivity index is 1.70. The fourth-order valence-corrected chi connectivity index (χ4v) is 3.67. The van der Waals surface area contributed by atoms with E-state index in [1.54, 1.807) is 37.4 Å². The summed E-state index contributed by atoms with van der Waals surface area (Å²) in [5.41, 5.74) is 0.665. The Morgan fingerprint density at radius 3 is 2.71 bits per heavy atom. The van der Waals surface area contributed by atoms with Crippen molar-refractivity contribution in [3.05, 3.63) is 97.9 Å². The number of carbonyl (C=O) groups excluding carboxylic acids is 1. The van der Waals surface area contributed by atoms with Gasteiger partial charge in [-0.15, -0.1) is 11.3 Å². The zero-order valence-electron chi connectivity index (χ0n) is 16.2. The monoisotopic (exact) mass is 433 g/mol. The van der Waals surface area contributed by atoms with E-state index in [0.29, 0.717) is 11.4 Å². The first-order valence-electron chi connectivity index (χ1n) is 9.10. The number of benzene rings is 2. The summed E-state index contributed by atoms with van der Waals surface area (Å²) >= 11 is 1.46. The molecule has 1 amide bonds. The van der Waals surface area contributed by atoms with E-state index >= 15 is 0 Å². The largest absolute Gasteiger partial charge is 0.320 e. The van der Waals surface area contributed by atoms with Crippen molar-refractivity contribution in [3.8, 4) is 16.3 Å². The zero-order valence-corrected chi connectivity index (χ0v) is 17.0. The van der Waals surface area contributed by atoms with Crippen molar-refractivity contribution in [2.45, 2.75) is 6.92 Å². The molecular formula is C21H15N5O4S. The molecule has 2 heterocycles. The Bertz CT molecular complexity index is 1350. The molecule has 1 N–H and O–H groups in total. The van der Waals surface area contributed by atoms with Gasteiger partial charge in [0.1, 0.15) is 10.7 Å². The van der Waals surface area contributed by atoms with Gasteiger partial charge in [-0.25, -0.2) is 9.67 Å². The molecule has 154 valence electrons. The highest BCUT2D eigenvalue weighted by atomic mass is 32.1. The molecule has 2 aromatic carbocycles. The van der Waals surface area contributed by atoms with Gasteiger partial charge in [0, 0.05) is 40.7 Å². The molecule has 4 rings (SSSR count). The summed E-state index contributed by atoms with van der Waals surface area (Å²) in [6.07, 6.45) is 1.69. The molecule has 0 fully saturated rings. The molecule has 0 aliphatic carbocycles. The van der Waals surface area contributed by atoms with E-state index in [9.17, 15) is 19.7 Å². The highest BCUT2D eigenvalue weighted by molar-refractivity contribution is 7.13. The predicted molar refractivity (Wildman–Crippen MR) is 117 cm³/mol. The van der Waals surface area contributed by atoms with Gasteiger partial charge in [0.05, 0.1) is 4.92 Å². The third kappa shape index (κ3) is 4.09. The van der Waals surface area contributed by atoms with Crippen molar-refractivity contribution in [1.82, 2.24) is 14.8 Å². The van der Waals surface area contributed by atoms with Crippen LogP contribution in [0.4, 0.5) is 11.4 Å². The number of nitrogens with zero attached hydrogens (tertiary/aromatic N) is 4. The molecule has 0 radical (unpaired) electrons. The van der Waals surface area contributed by atoms with Crippen LogP contribution in [0.3, 0.4) is 0 Å². The third-order valence-electron chi connectivity index (χ3n) is 4.43. The van der Waals surface area contributed by atoms with Crippen LogP contribution in [0.15, 0.2) is 71.0 Å². The van der Waals surface area contributed by atoms with E-state index in [1.807, 2.05) is 11.4 Å². The second-order valence-corrected chi connectivity index (χ2v) is 7.42. The van der Waals surface area contributed by atoms with Gasteiger partial charge in [-0.3, -0.25) is 19.7 Å². The SMILES string of the molecule is Cc1cc(=O)c(C(=O)Nc2cccc(-c3nccs3)c2)nn1-c1ccccc1[N+](=O)[O-]. The second kappa shape index (κ2) is 8.28. The van der Waals surface area contributed by atoms with Gasteiger partial charge in [-0.2, -0.15) is 5.10 Å². The number of aryl methyl sites for hydroxylation is 1. The molecule has 10 heteroatoms. The highest BCUT2D eigenvalue weighted by Gasteiger charge is 2.20. The Kier molecular flexibility index (Phi) is 5.37. The highest BCUT2D eigenvalue weighted by Crippen LogP contribution is 2.25. The van der Waals surface area contributed by atoms with Crippen LogP contribution in [0.2, 0.25) is 0 Å². The van der Waals surface area contributed by atoms with E-state index in [2.05, 4.69) is 15.4 Å². The average Bonchev–Trinajstić information content (AvgIpc) is 3.29. The lowest BCUT2D eigenvalue weighted by Gasteiger charge is -2.12. The number of nitrogens with one attached hydrogen (secondary N) is 1. The molecule has 4 aromatic rings. The molecule has 0 aliphatic heterocycles. The number of nitro benzene ring substituents is 1. The molecule has 9 nitrogen and oxygen atoms in total. The quantitative estimate of drug-likeness (QED) is 0.377. The van der Waals surface area contributed by atoms with Gasteiger partial charge in [-0.05, 0) is 25.1 Å². The van der Waals surface area contributed by atoms with E-state index in [1.165, 1.54) is 40.3 Å². The minimum atomic E-state index is -0.714. The lowest BCUT2D eigenvalue weighted by molar-refractivity contribution is -0.384. The van der Waals surface area contributed by atoms with Crippen molar-refractivity contribution in [1.29, 1.82) is 0 Å². The van der Waals surface area contributed by atoms with E-state index in [0.717, 1.165) is 10.6 Å². The molecule has 0 unspecified atom stereocenters. The maximum absolute atomic E-state index is 12.8. The van der Waals surface area contributed by atoms with Crippen LogP contribution in [0, 0.1) is 17.0 Å². The molecule has 0 saturated heterocycles. The van der Waals surface area contributed by atoms with E-state index in [-0.39, 0.29) is 17.1 Å². The van der Waals surface area contributed by atoms with Gasteiger partial charge >= 0.3 is 0 Å². The summed E-state index contributed by atoms with van der Waals surface area (Å²) in [6.45, 7) is 1.59. The number of amides is 1. The molecular weight excluding hydrogens is 418 g/mol. The Morgan fingerprint density at radius 2 is 1.97 bits per heavy atom. The average molecular weight is 433 g/mol. The Hall–Kier alpha value is -4.18. The lowest BCUT2D eigenvalue weighted by Crippen LogP contribution is -2.27. The number of rotatable bonds is 5. The van der Waals surface area contributed by atoms with Gasteiger partial charge < -0.3 is 5.32 Å². The van der Waals surface area contributed by atoms with Gasteiger partial charge in [0.2, 0.25) is 5.43 Å². The summed E-state index contributed by atoms with van der Waals surface area (Å²) in [4.78, 5) is 40.3. The van der Waals surface area contributed by atoms with Crippen molar-refractivity contribution in [3.63, 3.8) is 0 Å². The first-order valence-corrected chi connectivity index (χ1v) is 9.98. The summed E-state index contributed by atoms with van der Waals surface area (Å²) in [6, 6.07) is 14.3. The van der Waals surface area contributed by atoms with E-state index in [4.69, 9.17) is 0 Å². The molecule has 0 bridgehead atoms. The second-order valence-electron chi connectivity index (χ2n) is 6.53. The summed E-state index contributed by atoms with van der Waals surface area (Å²) in [7, 11) is 0. The van der Waals surface area contributed by atoms with Crippen LogP contribution in [-0.4, -0.2) is 25.6 Å². The van der Waals surface area contributed by atoms with Crippen LogP contribution in [0.25, 0.3) is 16.3 Å². The van der Waals surface area contributed by atoms with E-state index < -0.39 is 16.3 Å². The summed E-state index contributed by atoms with van der Waals surface area (Å²) < 4.78 is 1.22. The fourth-order valence-electron chi connectivity index (χ4n) is 3.03. The molecule has 0 saturated carbocycles. The minimum absolute atomic E-state index is 0.157. The molecule has 0 spiro atoms. The van der Waals surface area contributed by atoms with Crippen LogP contribution < -0.4 is 10.7 Å². The number of carbonyl (C=O) groups is 1. The summed E-state index contributed by atoms with van der Waals surface area (Å²) in [5.74, 6) is -0.714. The van der Waals surface area contributed by atoms with Crippen LogP contribution in [-0.2, 0) is 0 Å². The standard InChI is InChI=1S/C21H15N5O4S/c1-13-11-18(27)19(24-25(13)16-7-2-3-8-17(16)26(29)30)20(28)23-15-6-4-5-14(12-15)21-22-9-10-31-21/h2-12H,1H3,(H,23,28). The van der Waals surface area contributed by atoms with Crippen LogP contribution >= 0.6 is 11.3 Å². The van der Waals surface area contributed by atoms with Gasteiger partial charge in [-0.1, -0.05) is 24.3 Å². The lowest BCUT2D eigenvalue weighted by atomic mass is 10.2. The van der Waals surface area contributed by atoms with Crippen molar-refractivity contribution in [2.24, 2.45) is 0 Å². The van der Waals surface area contributed by atoms with Gasteiger partial charge in [0.25, 0.3) is 11.6 Å². The normalized spacial score (nSPS) is 10.6. The number of thiazole rings is 1. The third-order valence-corrected chi connectivity index (χ3v) is 5.25. The zero-order chi connectivity index (χ0) is 22.0. The van der Waals surface area contributed by atoms with Crippen molar-refractivity contribution >= 4 is 28.6 Å². The number of aromatic nitrogens is 3. The number of hydrogen-bond donors (Lipinski definition) is 1. The first kappa shape index (κ1) is 20.1. The number of hydrogen-bond acceptors (Lipinski definition) is 7. The summed E-state index contributed by atoms with van der Waals surface area (Å²) in [5, 5.41) is 20.8. The molecule has 0 aliphatic rings. The predicted octanol–water partition coefficient (Wildman–Crippen LogP) is 3.82. The van der Waals surface area contributed by atoms with Crippen molar-refractivity contribution < 1.29 is 9.72 Å². The smallest absolute Gasteiger partial charge is 0.294 e. The van der Waals surface area contributed by atoms with Crippen LogP contribution in [0.5, 0.6) is 0 Å². The Morgan fingerprint density at radius 1 is 1.16 bits per heavy atom. The topological polar surface area (TPSA) is 120 Å². The Labute approximate surface area is 179 Å². The van der Waals surface area contributed by atoms with Crippen molar-refractivity contribution in [2.75, 3.05) is 5.32 Å². The maximum Gasteiger partial charge on any atom is 0.294 e. The minimum Gasteiger partial charge on any atom is -0.320 e. The fraction of sp³-hybridized carbons (Fsp3) is 0.0476. The van der Waals surface area contributed by atoms with Gasteiger partial charge in [0.15, 0.2) is 5.69 Å². The van der Waals surface area contributed by atoms with Crippen LogP contribution in [0.1, 0.15) is 16.2 Å². The molecule has 31 heavy (non-hydrogen) atoms. The first-order chi connectivity index (χ1) is 14.9. The molecule has 0 atom stereocenters. The number of anilines is 1. The molecule has 2 aromatic heterocycles. The maximum atomic E-state index is 12.8. The number of nitro groups is 1. The number of para-hydroxylation sites is 2.